The highest BCUT2D eigenvalue weighted by molar-refractivity contribution is 6.37. The van der Waals surface area contributed by atoms with Crippen LogP contribution < -0.4 is 5.32 Å². The van der Waals surface area contributed by atoms with Crippen LogP contribution in [0.5, 0.6) is 0 Å². The highest BCUT2D eigenvalue weighted by Crippen LogP contribution is 2.37. The third-order valence-electron chi connectivity index (χ3n) is 4.70. The van der Waals surface area contributed by atoms with Crippen LogP contribution in [0.15, 0.2) is 42.6 Å². The Morgan fingerprint density at radius 1 is 1.19 bits per heavy atom. The van der Waals surface area contributed by atoms with Gasteiger partial charge in [-0.25, -0.2) is 4.98 Å². The maximum Gasteiger partial charge on any atom is 0.416 e. The summed E-state index contributed by atoms with van der Waals surface area (Å²) in [6.07, 6.45) is -3.29. The molecular weight excluding hydrogens is 435 g/mol. The van der Waals surface area contributed by atoms with E-state index < -0.39 is 30.2 Å². The summed E-state index contributed by atoms with van der Waals surface area (Å²) < 4.78 is 39.7. The molecule has 0 atom stereocenters. The number of amides is 1. The molecule has 1 aromatic heterocycles. The first kappa shape index (κ1) is 22.4. The predicted molar refractivity (Wildman–Crippen MR) is 111 cm³/mol. The molecular formula is C21H17ClF3N3O3. The number of carboxylic acids is 1. The molecule has 1 heterocycles. The van der Waals surface area contributed by atoms with E-state index in [-0.39, 0.29) is 27.7 Å². The van der Waals surface area contributed by atoms with E-state index >= 15 is 0 Å². The minimum atomic E-state index is -4.51. The van der Waals surface area contributed by atoms with E-state index in [4.69, 9.17) is 16.7 Å². The quantitative estimate of drug-likeness (QED) is 0.563. The molecule has 162 valence electrons. The van der Waals surface area contributed by atoms with Gasteiger partial charge in [-0.05, 0) is 30.7 Å². The van der Waals surface area contributed by atoms with E-state index in [1.165, 1.54) is 32.3 Å². The van der Waals surface area contributed by atoms with Crippen LogP contribution in [0.25, 0.3) is 10.8 Å². The number of fused-ring (bicyclic) bond motifs is 1. The molecule has 2 N–H and O–H groups in total. The van der Waals surface area contributed by atoms with Crippen molar-refractivity contribution >= 4 is 45.8 Å². The van der Waals surface area contributed by atoms with Gasteiger partial charge in [0.05, 0.1) is 11.1 Å². The molecule has 0 saturated carbocycles. The Labute approximate surface area is 180 Å². The zero-order valence-electron chi connectivity index (χ0n) is 16.4. The Balaban J connectivity index is 2.10. The highest BCUT2D eigenvalue weighted by Gasteiger charge is 2.33. The highest BCUT2D eigenvalue weighted by atomic mass is 35.5. The molecule has 6 nitrogen and oxygen atoms in total. The number of likely N-dealkylation sites (N-methyl/N-ethyl adjacent to an activating group) is 1. The van der Waals surface area contributed by atoms with Gasteiger partial charge < -0.3 is 15.3 Å². The number of anilines is 2. The van der Waals surface area contributed by atoms with E-state index in [0.717, 1.165) is 11.0 Å². The average Bonchev–Trinajstić information content (AvgIpc) is 2.68. The second-order valence-corrected chi connectivity index (χ2v) is 7.25. The van der Waals surface area contributed by atoms with Crippen LogP contribution in [0.4, 0.5) is 24.7 Å². The van der Waals surface area contributed by atoms with Gasteiger partial charge in [-0.3, -0.25) is 9.59 Å². The number of pyridine rings is 1. The van der Waals surface area contributed by atoms with Crippen molar-refractivity contribution in [1.29, 1.82) is 0 Å². The van der Waals surface area contributed by atoms with Crippen LogP contribution in [-0.4, -0.2) is 40.5 Å². The van der Waals surface area contributed by atoms with Gasteiger partial charge in [0.2, 0.25) is 0 Å². The van der Waals surface area contributed by atoms with Crippen molar-refractivity contribution in [3.8, 4) is 0 Å². The monoisotopic (exact) mass is 451 g/mol. The zero-order chi connectivity index (χ0) is 22.9. The van der Waals surface area contributed by atoms with Crippen molar-refractivity contribution in [3.63, 3.8) is 0 Å². The Morgan fingerprint density at radius 3 is 2.52 bits per heavy atom. The number of rotatable bonds is 5. The third-order valence-corrected chi connectivity index (χ3v) is 5.02. The van der Waals surface area contributed by atoms with Crippen LogP contribution in [0.2, 0.25) is 5.02 Å². The number of aliphatic carboxylic acids is 1. The summed E-state index contributed by atoms with van der Waals surface area (Å²) in [6, 6.07) is 8.55. The first-order valence-corrected chi connectivity index (χ1v) is 9.36. The number of carboxylic acid groups (broad SMARTS) is 1. The van der Waals surface area contributed by atoms with Gasteiger partial charge in [-0.15, -0.1) is 0 Å². The lowest BCUT2D eigenvalue weighted by molar-refractivity contribution is -0.138. The van der Waals surface area contributed by atoms with E-state index in [1.54, 1.807) is 18.2 Å². The van der Waals surface area contributed by atoms with E-state index in [1.807, 2.05) is 0 Å². The lowest BCUT2D eigenvalue weighted by atomic mass is 10.0. The first-order chi connectivity index (χ1) is 14.5. The molecule has 0 aliphatic heterocycles. The van der Waals surface area contributed by atoms with Crippen molar-refractivity contribution in [2.45, 2.75) is 13.1 Å². The van der Waals surface area contributed by atoms with Crippen molar-refractivity contribution < 1.29 is 27.9 Å². The van der Waals surface area contributed by atoms with E-state index in [9.17, 15) is 22.8 Å². The van der Waals surface area contributed by atoms with Gasteiger partial charge in [0, 0.05) is 34.7 Å². The molecule has 0 bridgehead atoms. The summed E-state index contributed by atoms with van der Waals surface area (Å²) in [5, 5.41) is 12.8. The van der Waals surface area contributed by atoms with Gasteiger partial charge in [-0.1, -0.05) is 29.8 Å². The number of alkyl halides is 3. The minimum absolute atomic E-state index is 0.00618. The molecule has 1 amide bonds. The average molecular weight is 452 g/mol. The number of aromatic nitrogens is 1. The van der Waals surface area contributed by atoms with Crippen LogP contribution >= 0.6 is 11.6 Å². The van der Waals surface area contributed by atoms with Gasteiger partial charge >= 0.3 is 12.1 Å². The molecule has 0 aliphatic carbocycles. The van der Waals surface area contributed by atoms with Gasteiger partial charge in [0.15, 0.2) is 0 Å². The molecule has 0 aliphatic rings. The van der Waals surface area contributed by atoms with Crippen LogP contribution in [0, 0.1) is 6.92 Å². The van der Waals surface area contributed by atoms with Crippen molar-refractivity contribution in [3.05, 3.63) is 64.3 Å². The lowest BCUT2D eigenvalue weighted by Crippen LogP contribution is -2.32. The van der Waals surface area contributed by atoms with Gasteiger partial charge in [-0.2, -0.15) is 13.2 Å². The normalized spacial score (nSPS) is 11.4. The second kappa shape index (κ2) is 8.43. The van der Waals surface area contributed by atoms with E-state index in [2.05, 4.69) is 10.3 Å². The van der Waals surface area contributed by atoms with Crippen molar-refractivity contribution in [2.75, 3.05) is 18.9 Å². The molecule has 3 aromatic rings. The summed E-state index contributed by atoms with van der Waals surface area (Å²) in [6.45, 7) is 0.827. The molecule has 0 saturated heterocycles. The summed E-state index contributed by atoms with van der Waals surface area (Å²) >= 11 is 6.32. The molecule has 0 spiro atoms. The SMILES string of the molecule is Cc1c(Nc2ncc(C(=O)N(C)CC(=O)O)c3c(Cl)cccc23)cccc1C(F)(F)F. The third kappa shape index (κ3) is 4.56. The van der Waals surface area contributed by atoms with Gasteiger partial charge in [0.25, 0.3) is 5.91 Å². The Bertz CT molecular complexity index is 1180. The van der Waals surface area contributed by atoms with E-state index in [0.29, 0.717) is 10.8 Å². The minimum Gasteiger partial charge on any atom is -0.480 e. The number of benzene rings is 2. The number of nitrogens with one attached hydrogen (secondary N) is 1. The fourth-order valence-electron chi connectivity index (χ4n) is 3.21. The van der Waals surface area contributed by atoms with Gasteiger partial charge in [0.1, 0.15) is 12.4 Å². The Kier molecular flexibility index (Phi) is 6.08. The van der Waals surface area contributed by atoms with Crippen molar-refractivity contribution in [2.24, 2.45) is 0 Å². The molecule has 31 heavy (non-hydrogen) atoms. The fourth-order valence-corrected chi connectivity index (χ4v) is 3.48. The number of hydrogen-bond donors (Lipinski definition) is 2. The zero-order valence-corrected chi connectivity index (χ0v) is 17.2. The number of carbonyl (C=O) groups excluding carboxylic acids is 1. The maximum absolute atomic E-state index is 13.2. The lowest BCUT2D eigenvalue weighted by Gasteiger charge is -2.19. The summed E-state index contributed by atoms with van der Waals surface area (Å²) in [5.41, 5.74) is -0.503. The number of nitrogens with zero attached hydrogens (tertiary/aromatic N) is 2. The summed E-state index contributed by atoms with van der Waals surface area (Å²) in [7, 11) is 1.33. The summed E-state index contributed by atoms with van der Waals surface area (Å²) in [5.74, 6) is -1.58. The van der Waals surface area contributed by atoms with Crippen LogP contribution in [0.3, 0.4) is 0 Å². The molecule has 10 heteroatoms. The molecule has 0 radical (unpaired) electrons. The van der Waals surface area contributed by atoms with Crippen molar-refractivity contribution in [1.82, 2.24) is 9.88 Å². The van der Waals surface area contributed by atoms with Crippen LogP contribution in [0.1, 0.15) is 21.5 Å². The molecule has 3 rings (SSSR count). The van der Waals surface area contributed by atoms with Crippen LogP contribution in [-0.2, 0) is 11.0 Å². The number of carbonyl (C=O) groups is 2. The second-order valence-electron chi connectivity index (χ2n) is 6.84. The fraction of sp³-hybridized carbons (Fsp3) is 0.190. The molecule has 0 fully saturated rings. The summed E-state index contributed by atoms with van der Waals surface area (Å²) in [4.78, 5) is 28.9. The topological polar surface area (TPSA) is 82.5 Å². The molecule has 2 aromatic carbocycles. The smallest absolute Gasteiger partial charge is 0.416 e. The largest absolute Gasteiger partial charge is 0.480 e. The predicted octanol–water partition coefficient (Wildman–Crippen LogP) is 5.12. The first-order valence-electron chi connectivity index (χ1n) is 8.99. The Hall–Kier alpha value is -3.33. The molecule has 0 unspecified atom stereocenters. The maximum atomic E-state index is 13.2. The Morgan fingerprint density at radius 2 is 1.87 bits per heavy atom. The number of halogens is 4. The standard InChI is InChI=1S/C21H17ClF3N3O3/c1-11-14(21(23,24)25)6-4-8-16(11)27-19-12-5-3-7-15(22)18(12)13(9-26-19)20(31)28(2)10-17(29)30/h3-9H,10H2,1-2H3,(H,26,27)(H,29,30). The number of hydrogen-bond acceptors (Lipinski definition) is 4.